The molecule has 0 spiro atoms. The van der Waals surface area contributed by atoms with E-state index >= 15 is 0 Å². The van der Waals surface area contributed by atoms with Gasteiger partial charge >= 0.3 is 0 Å². The van der Waals surface area contributed by atoms with E-state index in [2.05, 4.69) is 4.72 Å². The van der Waals surface area contributed by atoms with Crippen LogP contribution in [-0.4, -0.2) is 30.9 Å². The summed E-state index contributed by atoms with van der Waals surface area (Å²) in [7, 11) is -3.75. The monoisotopic (exact) mass is 336 g/mol. The van der Waals surface area contributed by atoms with Gasteiger partial charge in [-0.2, -0.15) is 11.8 Å². The molecule has 1 unspecified atom stereocenters. The number of nitro groups is 1. The van der Waals surface area contributed by atoms with Crippen LogP contribution in [0.3, 0.4) is 0 Å². The van der Waals surface area contributed by atoms with Gasteiger partial charge in [0.15, 0.2) is 0 Å². The van der Waals surface area contributed by atoms with Crippen molar-refractivity contribution in [3.63, 3.8) is 0 Å². The molecular weight excluding hydrogens is 324 g/mol. The number of nitro benzene ring substituents is 1. The van der Waals surface area contributed by atoms with E-state index in [1.165, 1.54) is 12.1 Å². The molecule has 110 valence electrons. The Kier molecular flexibility index (Phi) is 4.90. The molecule has 1 N–H and O–H groups in total. The standard InChI is InChI=1S/C11H13ClN2O4S2/c12-10-4-3-9(6-11(10)14(15)16)20(17,18)13-7-8-2-1-5-19-8/h3-4,6,8,13H,1-2,5,7H2. The normalized spacial score (nSPS) is 19.1. The molecule has 1 aromatic rings. The average molecular weight is 337 g/mol. The zero-order chi connectivity index (χ0) is 14.8. The van der Waals surface area contributed by atoms with Gasteiger partial charge in [-0.1, -0.05) is 11.6 Å². The molecule has 0 aliphatic carbocycles. The van der Waals surface area contributed by atoms with Gasteiger partial charge in [-0.25, -0.2) is 13.1 Å². The van der Waals surface area contributed by atoms with Crippen LogP contribution in [0.25, 0.3) is 0 Å². The lowest BCUT2D eigenvalue weighted by Gasteiger charge is -2.11. The van der Waals surface area contributed by atoms with Crippen LogP contribution < -0.4 is 4.72 Å². The Morgan fingerprint density at radius 2 is 2.25 bits per heavy atom. The van der Waals surface area contributed by atoms with E-state index in [9.17, 15) is 18.5 Å². The van der Waals surface area contributed by atoms with Crippen molar-refractivity contribution in [2.45, 2.75) is 23.0 Å². The highest BCUT2D eigenvalue weighted by Gasteiger charge is 2.23. The number of nitrogens with one attached hydrogen (secondary N) is 1. The van der Waals surface area contributed by atoms with Crippen LogP contribution in [0, 0.1) is 10.1 Å². The van der Waals surface area contributed by atoms with Crippen LogP contribution in [0.4, 0.5) is 5.69 Å². The maximum absolute atomic E-state index is 12.1. The third-order valence-corrected chi connectivity index (χ3v) is 6.09. The third-order valence-electron chi connectivity index (χ3n) is 2.95. The van der Waals surface area contributed by atoms with Crippen LogP contribution in [0.1, 0.15) is 12.8 Å². The van der Waals surface area contributed by atoms with Crippen molar-refractivity contribution in [3.05, 3.63) is 33.3 Å². The highest BCUT2D eigenvalue weighted by atomic mass is 35.5. The first kappa shape index (κ1) is 15.6. The zero-order valence-electron chi connectivity index (χ0n) is 10.4. The van der Waals surface area contributed by atoms with Gasteiger partial charge in [-0.05, 0) is 30.7 Å². The molecule has 1 heterocycles. The Morgan fingerprint density at radius 1 is 1.50 bits per heavy atom. The van der Waals surface area contributed by atoms with Crippen molar-refractivity contribution in [2.24, 2.45) is 0 Å². The molecule has 1 atom stereocenters. The van der Waals surface area contributed by atoms with E-state index in [4.69, 9.17) is 11.6 Å². The summed E-state index contributed by atoms with van der Waals surface area (Å²) < 4.78 is 26.7. The van der Waals surface area contributed by atoms with Crippen molar-refractivity contribution >= 4 is 39.1 Å². The van der Waals surface area contributed by atoms with Gasteiger partial charge in [0.05, 0.1) is 9.82 Å². The molecule has 0 saturated carbocycles. The molecule has 0 aromatic heterocycles. The Bertz CT molecular complexity index is 615. The molecule has 0 amide bonds. The molecule has 6 nitrogen and oxygen atoms in total. The molecule has 0 radical (unpaired) electrons. The predicted molar refractivity (Wildman–Crippen MR) is 78.8 cm³/mol. The number of halogens is 1. The number of hydrogen-bond donors (Lipinski definition) is 1. The fraction of sp³-hybridized carbons (Fsp3) is 0.455. The van der Waals surface area contributed by atoms with E-state index in [1.54, 1.807) is 11.8 Å². The fourth-order valence-corrected chi connectivity index (χ4v) is 4.49. The minimum atomic E-state index is -3.75. The maximum Gasteiger partial charge on any atom is 0.289 e. The number of nitrogens with zero attached hydrogens (tertiary/aromatic N) is 1. The molecule has 1 aliphatic rings. The van der Waals surface area contributed by atoms with Crippen LogP contribution in [0.15, 0.2) is 23.1 Å². The highest BCUT2D eigenvalue weighted by molar-refractivity contribution is 8.00. The molecule has 9 heteroatoms. The van der Waals surface area contributed by atoms with Gasteiger partial charge < -0.3 is 0 Å². The summed E-state index contributed by atoms with van der Waals surface area (Å²) in [6.45, 7) is 0.337. The summed E-state index contributed by atoms with van der Waals surface area (Å²) in [6.07, 6.45) is 2.07. The van der Waals surface area contributed by atoms with E-state index in [0.717, 1.165) is 24.7 Å². The summed E-state index contributed by atoms with van der Waals surface area (Å²) in [5.41, 5.74) is -0.412. The lowest BCUT2D eigenvalue weighted by atomic mass is 10.2. The minimum Gasteiger partial charge on any atom is -0.258 e. The van der Waals surface area contributed by atoms with Crippen LogP contribution >= 0.6 is 23.4 Å². The lowest BCUT2D eigenvalue weighted by Crippen LogP contribution is -2.29. The van der Waals surface area contributed by atoms with Gasteiger partial charge in [0.1, 0.15) is 5.02 Å². The zero-order valence-corrected chi connectivity index (χ0v) is 12.8. The summed E-state index contributed by atoms with van der Waals surface area (Å²) in [5, 5.41) is 11.0. The molecule has 1 fully saturated rings. The van der Waals surface area contributed by atoms with Crippen LogP contribution in [-0.2, 0) is 10.0 Å². The Hall–Kier alpha value is -0.830. The fourth-order valence-electron chi connectivity index (χ4n) is 1.89. The van der Waals surface area contributed by atoms with Gasteiger partial charge in [0.25, 0.3) is 5.69 Å². The largest absolute Gasteiger partial charge is 0.289 e. The first-order valence-corrected chi connectivity index (χ1v) is 8.86. The molecule has 1 aromatic carbocycles. The molecule has 2 rings (SSSR count). The molecule has 1 saturated heterocycles. The smallest absolute Gasteiger partial charge is 0.258 e. The first-order chi connectivity index (χ1) is 9.40. The highest BCUT2D eigenvalue weighted by Crippen LogP contribution is 2.28. The second-order valence-corrected chi connectivity index (χ2v) is 7.94. The van der Waals surface area contributed by atoms with E-state index in [0.29, 0.717) is 6.54 Å². The number of benzene rings is 1. The van der Waals surface area contributed by atoms with Crippen LogP contribution in [0.2, 0.25) is 5.02 Å². The second kappa shape index (κ2) is 6.30. The summed E-state index contributed by atoms with van der Waals surface area (Å²) in [5.74, 6) is 1.04. The minimum absolute atomic E-state index is 0.0831. The van der Waals surface area contributed by atoms with Crippen LogP contribution in [0.5, 0.6) is 0 Å². The van der Waals surface area contributed by atoms with Crippen molar-refractivity contribution in [2.75, 3.05) is 12.3 Å². The second-order valence-electron chi connectivity index (χ2n) is 4.36. The van der Waals surface area contributed by atoms with Gasteiger partial charge in [0, 0.05) is 17.9 Å². The average Bonchev–Trinajstić information content (AvgIpc) is 2.89. The summed E-state index contributed by atoms with van der Waals surface area (Å²) in [6, 6.07) is 3.46. The Labute approximate surface area is 126 Å². The van der Waals surface area contributed by atoms with E-state index in [-0.39, 0.29) is 15.2 Å². The SMILES string of the molecule is O=[N+]([O-])c1cc(S(=O)(=O)NCC2CCCS2)ccc1Cl. The van der Waals surface area contributed by atoms with Crippen molar-refractivity contribution < 1.29 is 13.3 Å². The number of hydrogen-bond acceptors (Lipinski definition) is 5. The molecule has 0 bridgehead atoms. The van der Waals surface area contributed by atoms with Crippen molar-refractivity contribution in [1.82, 2.24) is 4.72 Å². The predicted octanol–water partition coefficient (Wildman–Crippen LogP) is 2.42. The number of thioether (sulfide) groups is 1. The quantitative estimate of drug-likeness (QED) is 0.658. The molecule has 1 aliphatic heterocycles. The van der Waals surface area contributed by atoms with Crippen molar-refractivity contribution in [3.8, 4) is 0 Å². The van der Waals surface area contributed by atoms with Gasteiger partial charge in [-0.3, -0.25) is 10.1 Å². The van der Waals surface area contributed by atoms with E-state index in [1.807, 2.05) is 0 Å². The first-order valence-electron chi connectivity index (χ1n) is 5.95. The summed E-state index contributed by atoms with van der Waals surface area (Å²) >= 11 is 7.39. The molecular formula is C11H13ClN2O4S2. The third kappa shape index (κ3) is 3.63. The van der Waals surface area contributed by atoms with Gasteiger partial charge in [-0.15, -0.1) is 0 Å². The Morgan fingerprint density at radius 3 is 2.85 bits per heavy atom. The van der Waals surface area contributed by atoms with E-state index < -0.39 is 20.6 Å². The van der Waals surface area contributed by atoms with Crippen molar-refractivity contribution in [1.29, 1.82) is 0 Å². The topological polar surface area (TPSA) is 89.3 Å². The lowest BCUT2D eigenvalue weighted by molar-refractivity contribution is -0.384. The number of rotatable bonds is 5. The maximum atomic E-state index is 12.1. The summed E-state index contributed by atoms with van der Waals surface area (Å²) in [4.78, 5) is 9.93. The Balaban J connectivity index is 2.16. The molecule has 20 heavy (non-hydrogen) atoms. The van der Waals surface area contributed by atoms with Gasteiger partial charge in [0.2, 0.25) is 10.0 Å². The number of sulfonamides is 1.